The number of para-hydroxylation sites is 1. The molecule has 0 fully saturated rings. The van der Waals surface area contributed by atoms with Crippen LogP contribution in [0.4, 0.5) is 11.4 Å². The highest BCUT2D eigenvalue weighted by atomic mass is 32.2. The van der Waals surface area contributed by atoms with Crippen LogP contribution in [0, 0.1) is 0 Å². The number of carboxylic acids is 1. The van der Waals surface area contributed by atoms with Crippen molar-refractivity contribution in [3.8, 4) is 0 Å². The third-order valence-electron chi connectivity index (χ3n) is 9.15. The molecule has 4 rings (SSSR count). The molecule has 0 saturated carbocycles. The molecule has 8 nitrogen and oxygen atoms in total. The van der Waals surface area contributed by atoms with Gasteiger partial charge in [-0.05, 0) is 76.8 Å². The number of benzene rings is 2. The van der Waals surface area contributed by atoms with Gasteiger partial charge in [-0.1, -0.05) is 55.0 Å². The summed E-state index contributed by atoms with van der Waals surface area (Å²) in [5, 5.41) is 9.02. The summed E-state index contributed by atoms with van der Waals surface area (Å²) in [4.78, 5) is 13.2. The number of anilines is 1. The molecular weight excluding hydrogens is 600 g/mol. The molecule has 2 heterocycles. The Morgan fingerprint density at radius 1 is 0.978 bits per heavy atom. The Morgan fingerprint density at radius 3 is 2.39 bits per heavy atom. The number of unbranched alkanes of at least 4 members (excludes halogenated alkanes) is 2. The van der Waals surface area contributed by atoms with Gasteiger partial charge in [0.2, 0.25) is 5.69 Å². The molecular formula is C37H47N2O6S+. The van der Waals surface area contributed by atoms with E-state index in [-0.39, 0.29) is 16.7 Å². The van der Waals surface area contributed by atoms with Crippen molar-refractivity contribution in [3.63, 3.8) is 0 Å². The van der Waals surface area contributed by atoms with Gasteiger partial charge in [0, 0.05) is 61.2 Å². The first kappa shape index (κ1) is 35.1. The number of carboxylic acid groups (broad SMARTS) is 1. The third-order valence-corrected chi connectivity index (χ3v) is 10.0. The van der Waals surface area contributed by atoms with Crippen molar-refractivity contribution in [1.82, 2.24) is 0 Å². The van der Waals surface area contributed by atoms with E-state index in [1.165, 1.54) is 23.0 Å². The molecule has 2 aromatic carbocycles. The average Bonchev–Trinajstić information content (AvgIpc) is 3.38. The Bertz CT molecular complexity index is 1700. The molecule has 2 aliphatic heterocycles. The highest BCUT2D eigenvalue weighted by molar-refractivity contribution is 7.85. The summed E-state index contributed by atoms with van der Waals surface area (Å²) in [5.74, 6) is -0.750. The molecule has 2 aliphatic rings. The maximum absolute atomic E-state index is 11.8. The molecule has 2 N–H and O–H groups in total. The number of nitrogens with zero attached hydrogens (tertiary/aromatic N) is 2. The molecule has 0 saturated heterocycles. The lowest BCUT2D eigenvalue weighted by atomic mass is 9.78. The van der Waals surface area contributed by atoms with E-state index in [0.717, 1.165) is 49.3 Å². The number of fused-ring (bicyclic) bond motifs is 2. The van der Waals surface area contributed by atoms with Crippen LogP contribution in [0.25, 0.3) is 0 Å². The zero-order valence-corrected chi connectivity index (χ0v) is 28.4. The fourth-order valence-electron chi connectivity index (χ4n) is 6.69. The predicted molar refractivity (Wildman–Crippen MR) is 184 cm³/mol. The SMILES string of the molecule is CC[N+]1=C(/C=C/C=C/C=C/C=C2/N(CCCCCC(=O)O)c3ccccc3C2(C)CCOC)C(C)(C)c2cc(S(=O)(=O)O)ccc21. The molecule has 0 aromatic heterocycles. The van der Waals surface area contributed by atoms with Crippen LogP contribution in [0.3, 0.4) is 0 Å². The van der Waals surface area contributed by atoms with Gasteiger partial charge in [-0.2, -0.15) is 13.0 Å². The van der Waals surface area contributed by atoms with Gasteiger partial charge in [0.25, 0.3) is 10.1 Å². The van der Waals surface area contributed by atoms with Crippen LogP contribution in [-0.4, -0.2) is 61.1 Å². The number of allylic oxidation sites excluding steroid dienone is 8. The van der Waals surface area contributed by atoms with Crippen molar-refractivity contribution in [2.45, 2.75) is 75.5 Å². The minimum atomic E-state index is -4.29. The number of hydrogen-bond donors (Lipinski definition) is 2. The van der Waals surface area contributed by atoms with Gasteiger partial charge in [-0.15, -0.1) is 0 Å². The fraction of sp³-hybridized carbons (Fsp3) is 0.405. The van der Waals surface area contributed by atoms with Gasteiger partial charge in [0.15, 0.2) is 5.71 Å². The monoisotopic (exact) mass is 647 g/mol. The standard InChI is InChI=1S/C37H46N2O6S/c1-6-38-32-23-22-28(46(42,43)44)27-30(32)36(2,3)33(38)19-11-8-7-9-12-20-34-37(4,24-26-45-5)29-17-14-15-18-31(29)39(34)25-16-10-13-21-35(40)41/h7-9,11-12,14-15,17-20,22-23,27H,6,10,13,16,21,24-26H2,1-5H3,(H-,40,41,42,43,44)/p+1. The summed E-state index contributed by atoms with van der Waals surface area (Å²) >= 11 is 0. The van der Waals surface area contributed by atoms with Crippen molar-refractivity contribution in [3.05, 3.63) is 102 Å². The first-order valence-corrected chi connectivity index (χ1v) is 17.4. The minimum Gasteiger partial charge on any atom is -0.481 e. The molecule has 1 atom stereocenters. The van der Waals surface area contributed by atoms with Gasteiger partial charge in [0.1, 0.15) is 6.54 Å². The minimum absolute atomic E-state index is 0.0970. The second-order valence-electron chi connectivity index (χ2n) is 12.5. The number of ether oxygens (including phenoxy) is 1. The summed E-state index contributed by atoms with van der Waals surface area (Å²) in [6, 6.07) is 13.3. The molecule has 1 unspecified atom stereocenters. The number of hydrogen-bond acceptors (Lipinski definition) is 5. The lowest BCUT2D eigenvalue weighted by molar-refractivity contribution is -0.433. The summed E-state index contributed by atoms with van der Waals surface area (Å²) < 4.78 is 40.8. The van der Waals surface area contributed by atoms with E-state index in [9.17, 15) is 17.8 Å². The molecule has 0 bridgehead atoms. The van der Waals surface area contributed by atoms with E-state index >= 15 is 0 Å². The predicted octanol–water partition coefficient (Wildman–Crippen LogP) is 7.34. The Balaban J connectivity index is 1.54. The Morgan fingerprint density at radius 2 is 1.70 bits per heavy atom. The quantitative estimate of drug-likeness (QED) is 0.0902. The lowest BCUT2D eigenvalue weighted by Gasteiger charge is -2.30. The van der Waals surface area contributed by atoms with Crippen LogP contribution in [0.2, 0.25) is 0 Å². The first-order valence-electron chi connectivity index (χ1n) is 15.9. The number of rotatable bonds is 15. The summed E-state index contributed by atoms with van der Waals surface area (Å²) in [7, 11) is -2.56. The third kappa shape index (κ3) is 7.43. The topological polar surface area (TPSA) is 107 Å². The molecule has 2 aromatic rings. The highest BCUT2D eigenvalue weighted by Crippen LogP contribution is 2.50. The van der Waals surface area contributed by atoms with Crippen molar-refractivity contribution < 1.29 is 32.2 Å². The smallest absolute Gasteiger partial charge is 0.303 e. The lowest BCUT2D eigenvalue weighted by Crippen LogP contribution is -2.30. The van der Waals surface area contributed by atoms with Crippen LogP contribution in [0.15, 0.2) is 95.6 Å². The van der Waals surface area contributed by atoms with Gasteiger partial charge in [-0.3, -0.25) is 9.35 Å². The number of carbonyl (C=O) groups is 1. The maximum Gasteiger partial charge on any atom is 0.303 e. The second-order valence-corrected chi connectivity index (χ2v) is 14.0. The first-order chi connectivity index (χ1) is 21.9. The summed E-state index contributed by atoms with van der Waals surface area (Å²) in [5.41, 5.74) is 5.85. The van der Waals surface area contributed by atoms with E-state index < -0.39 is 21.5 Å². The largest absolute Gasteiger partial charge is 0.481 e. The van der Waals surface area contributed by atoms with Gasteiger partial charge in [0.05, 0.1) is 10.3 Å². The number of aliphatic carboxylic acids is 1. The molecule has 0 aliphatic carbocycles. The van der Waals surface area contributed by atoms with Gasteiger partial charge >= 0.3 is 5.97 Å². The molecule has 246 valence electrons. The van der Waals surface area contributed by atoms with Crippen LogP contribution >= 0.6 is 0 Å². The van der Waals surface area contributed by atoms with Crippen LogP contribution in [-0.2, 0) is 30.5 Å². The maximum atomic E-state index is 11.8. The molecule has 0 spiro atoms. The van der Waals surface area contributed by atoms with Crippen LogP contribution in [0.1, 0.15) is 70.9 Å². The normalized spacial score (nSPS) is 20.1. The fourth-order valence-corrected chi connectivity index (χ4v) is 7.20. The van der Waals surface area contributed by atoms with Crippen molar-refractivity contribution in [2.75, 3.05) is 31.7 Å². The van der Waals surface area contributed by atoms with Crippen molar-refractivity contribution in [1.29, 1.82) is 0 Å². The van der Waals surface area contributed by atoms with E-state index in [2.05, 4.69) is 79.7 Å². The van der Waals surface area contributed by atoms with E-state index in [0.29, 0.717) is 13.0 Å². The Labute approximate surface area is 273 Å². The Hall–Kier alpha value is -3.79. The van der Waals surface area contributed by atoms with E-state index in [4.69, 9.17) is 9.84 Å². The zero-order chi connectivity index (χ0) is 33.5. The summed E-state index contributed by atoms with van der Waals surface area (Å²) in [6.45, 7) is 10.6. The van der Waals surface area contributed by atoms with Gasteiger partial charge in [-0.25, -0.2) is 0 Å². The number of methoxy groups -OCH3 is 1. The van der Waals surface area contributed by atoms with Crippen molar-refractivity contribution in [2.24, 2.45) is 0 Å². The van der Waals surface area contributed by atoms with Gasteiger partial charge < -0.3 is 14.7 Å². The second kappa shape index (κ2) is 14.8. The summed E-state index contributed by atoms with van der Waals surface area (Å²) in [6.07, 6.45) is 17.7. The van der Waals surface area contributed by atoms with Crippen LogP contribution < -0.4 is 4.90 Å². The average molecular weight is 648 g/mol. The highest BCUT2D eigenvalue weighted by Gasteiger charge is 2.45. The zero-order valence-electron chi connectivity index (χ0n) is 27.6. The van der Waals surface area contributed by atoms with E-state index in [1.807, 2.05) is 24.3 Å². The van der Waals surface area contributed by atoms with E-state index in [1.54, 1.807) is 19.2 Å². The molecule has 46 heavy (non-hydrogen) atoms. The molecule has 9 heteroatoms. The van der Waals surface area contributed by atoms with Crippen LogP contribution in [0.5, 0.6) is 0 Å². The molecule has 0 radical (unpaired) electrons. The van der Waals surface area contributed by atoms with Crippen molar-refractivity contribution >= 4 is 33.2 Å². The molecule has 0 amide bonds. The Kier molecular flexibility index (Phi) is 11.2.